The maximum atomic E-state index is 11.9. The van der Waals surface area contributed by atoms with E-state index in [1.165, 1.54) is 18.5 Å². The van der Waals surface area contributed by atoms with Crippen LogP contribution >= 0.6 is 0 Å². The molecule has 0 radical (unpaired) electrons. The van der Waals surface area contributed by atoms with Gasteiger partial charge < -0.3 is 9.64 Å². The normalized spacial score (nSPS) is 22.8. The van der Waals surface area contributed by atoms with Crippen LogP contribution in [0.3, 0.4) is 0 Å². The smallest absolute Gasteiger partial charge is 0.379 e. The molecule has 104 valence electrons. The molecular weight excluding hydrogens is 242 g/mol. The minimum Gasteiger partial charge on any atom is -0.460 e. The largest absolute Gasteiger partial charge is 0.460 e. The Kier molecular flexibility index (Phi) is 4.40. The predicted octanol–water partition coefficient (Wildman–Crippen LogP) is 2.06. The van der Waals surface area contributed by atoms with E-state index < -0.39 is 11.8 Å². The number of hydrogen-bond acceptors (Lipinski definition) is 4. The third-order valence-electron chi connectivity index (χ3n) is 3.74. The number of allylic oxidation sites excluding steroid dienone is 3. The van der Waals surface area contributed by atoms with Crippen LogP contribution < -0.4 is 0 Å². The highest BCUT2D eigenvalue weighted by atomic mass is 16.5. The number of carbonyl (C=O) groups excluding carboxylic acids is 2. The van der Waals surface area contributed by atoms with E-state index in [0.29, 0.717) is 5.57 Å². The van der Waals surface area contributed by atoms with E-state index in [4.69, 9.17) is 4.74 Å². The van der Waals surface area contributed by atoms with Crippen LogP contribution in [0.4, 0.5) is 0 Å². The summed E-state index contributed by atoms with van der Waals surface area (Å²) in [4.78, 5) is 25.8. The Balaban J connectivity index is 2.09. The number of esters is 1. The topological polar surface area (TPSA) is 46.6 Å². The molecule has 1 heterocycles. The first-order valence-corrected chi connectivity index (χ1v) is 7.00. The lowest BCUT2D eigenvalue weighted by atomic mass is 9.88. The third-order valence-corrected chi connectivity index (χ3v) is 3.74. The molecule has 1 fully saturated rings. The second-order valence-electron chi connectivity index (χ2n) is 5.13. The highest BCUT2D eigenvalue weighted by Gasteiger charge is 2.28. The Morgan fingerprint density at radius 2 is 2.00 bits per heavy atom. The van der Waals surface area contributed by atoms with Crippen LogP contribution in [0.2, 0.25) is 0 Å². The maximum absolute atomic E-state index is 11.9. The Hall–Kier alpha value is -1.58. The number of hydrogen-bond donors (Lipinski definition) is 0. The molecule has 0 amide bonds. The molecule has 1 aliphatic carbocycles. The van der Waals surface area contributed by atoms with E-state index in [0.717, 1.165) is 19.5 Å². The summed E-state index contributed by atoms with van der Waals surface area (Å²) < 4.78 is 4.77. The van der Waals surface area contributed by atoms with Gasteiger partial charge in [-0.2, -0.15) is 0 Å². The van der Waals surface area contributed by atoms with Crippen LogP contribution in [0.25, 0.3) is 0 Å². The molecule has 4 heteroatoms. The number of ether oxygens (including phenoxy) is 1. The summed E-state index contributed by atoms with van der Waals surface area (Å²) in [6, 6.07) is 0. The average Bonchev–Trinajstić information content (AvgIpc) is 2.92. The molecule has 2 aliphatic rings. The van der Waals surface area contributed by atoms with Crippen molar-refractivity contribution in [3.05, 3.63) is 23.4 Å². The number of nitrogens with zero attached hydrogens (tertiary/aromatic N) is 1. The zero-order valence-electron chi connectivity index (χ0n) is 11.6. The van der Waals surface area contributed by atoms with Gasteiger partial charge in [0, 0.05) is 24.4 Å². The average molecular weight is 263 g/mol. The van der Waals surface area contributed by atoms with Crippen molar-refractivity contribution in [3.63, 3.8) is 0 Å². The maximum Gasteiger partial charge on any atom is 0.379 e. The molecule has 2 rings (SSSR count). The fourth-order valence-electron chi connectivity index (χ4n) is 2.69. The summed E-state index contributed by atoms with van der Waals surface area (Å²) in [7, 11) is 0. The third kappa shape index (κ3) is 3.06. The van der Waals surface area contributed by atoms with Crippen molar-refractivity contribution in [1.29, 1.82) is 0 Å². The molecule has 0 bridgehead atoms. The molecule has 0 aromatic carbocycles. The minimum absolute atomic E-state index is 0.0810. The SMILES string of the molecule is CCOC(=O)C(=O)C1=CC=C(N2CCCC2)CC1C. The molecule has 1 atom stereocenters. The molecular formula is C15H21NO3. The van der Waals surface area contributed by atoms with Gasteiger partial charge in [0.25, 0.3) is 5.78 Å². The molecule has 0 aromatic rings. The van der Waals surface area contributed by atoms with Crippen LogP contribution in [-0.4, -0.2) is 36.3 Å². The molecule has 1 aliphatic heterocycles. The lowest BCUT2D eigenvalue weighted by Crippen LogP contribution is -2.27. The Bertz CT molecular complexity index is 431. The van der Waals surface area contributed by atoms with Crippen molar-refractivity contribution < 1.29 is 14.3 Å². The van der Waals surface area contributed by atoms with Crippen molar-refractivity contribution in [1.82, 2.24) is 4.90 Å². The molecule has 0 spiro atoms. The predicted molar refractivity (Wildman–Crippen MR) is 72.4 cm³/mol. The van der Waals surface area contributed by atoms with E-state index in [1.807, 2.05) is 13.0 Å². The van der Waals surface area contributed by atoms with Gasteiger partial charge in [0.2, 0.25) is 0 Å². The van der Waals surface area contributed by atoms with Gasteiger partial charge in [-0.15, -0.1) is 0 Å². The summed E-state index contributed by atoms with van der Waals surface area (Å²) in [6.07, 6.45) is 7.09. The van der Waals surface area contributed by atoms with Gasteiger partial charge in [-0.05, 0) is 38.2 Å². The van der Waals surface area contributed by atoms with E-state index >= 15 is 0 Å². The van der Waals surface area contributed by atoms with E-state index in [1.54, 1.807) is 13.0 Å². The van der Waals surface area contributed by atoms with Crippen molar-refractivity contribution >= 4 is 11.8 Å². The zero-order chi connectivity index (χ0) is 13.8. The second-order valence-corrected chi connectivity index (χ2v) is 5.13. The monoisotopic (exact) mass is 263 g/mol. The fraction of sp³-hybridized carbons (Fsp3) is 0.600. The van der Waals surface area contributed by atoms with Crippen molar-refractivity contribution in [2.45, 2.75) is 33.1 Å². The second kappa shape index (κ2) is 6.04. The number of Topliss-reactive ketones (excluding diaryl/α,β-unsaturated/α-hetero) is 1. The lowest BCUT2D eigenvalue weighted by Gasteiger charge is -2.27. The Morgan fingerprint density at radius 1 is 1.32 bits per heavy atom. The van der Waals surface area contributed by atoms with E-state index in [9.17, 15) is 9.59 Å². The van der Waals surface area contributed by atoms with E-state index in [-0.39, 0.29) is 12.5 Å². The van der Waals surface area contributed by atoms with Gasteiger partial charge in [-0.25, -0.2) is 4.79 Å². The molecule has 4 nitrogen and oxygen atoms in total. The van der Waals surface area contributed by atoms with Crippen LogP contribution in [0, 0.1) is 5.92 Å². The van der Waals surface area contributed by atoms with Crippen LogP contribution in [0.1, 0.15) is 33.1 Å². The molecule has 0 saturated carbocycles. The first-order valence-electron chi connectivity index (χ1n) is 7.00. The molecule has 1 saturated heterocycles. The summed E-state index contributed by atoms with van der Waals surface area (Å²) in [5.41, 5.74) is 1.85. The highest BCUT2D eigenvalue weighted by Crippen LogP contribution is 2.29. The van der Waals surface area contributed by atoms with Gasteiger partial charge >= 0.3 is 5.97 Å². The number of rotatable bonds is 4. The number of carbonyl (C=O) groups is 2. The number of ketones is 1. The van der Waals surface area contributed by atoms with Gasteiger partial charge in [0.1, 0.15) is 0 Å². The minimum atomic E-state index is -0.737. The van der Waals surface area contributed by atoms with Crippen LogP contribution in [0.15, 0.2) is 23.4 Å². The van der Waals surface area contributed by atoms with Gasteiger partial charge in [0.15, 0.2) is 0 Å². The number of likely N-dealkylation sites (tertiary alicyclic amines) is 1. The molecule has 19 heavy (non-hydrogen) atoms. The van der Waals surface area contributed by atoms with Gasteiger partial charge in [0.05, 0.1) is 6.61 Å². The highest BCUT2D eigenvalue weighted by molar-refractivity contribution is 6.40. The first-order chi connectivity index (χ1) is 9.13. The fourth-order valence-corrected chi connectivity index (χ4v) is 2.69. The summed E-state index contributed by atoms with van der Waals surface area (Å²) in [5.74, 6) is -1.15. The molecule has 0 aromatic heterocycles. The van der Waals surface area contributed by atoms with Gasteiger partial charge in [-0.3, -0.25) is 4.79 Å². The van der Waals surface area contributed by atoms with Gasteiger partial charge in [-0.1, -0.05) is 13.0 Å². The molecule has 1 unspecified atom stereocenters. The Morgan fingerprint density at radius 3 is 2.58 bits per heavy atom. The Labute approximate surface area is 114 Å². The van der Waals surface area contributed by atoms with Crippen molar-refractivity contribution in [2.75, 3.05) is 19.7 Å². The van der Waals surface area contributed by atoms with Crippen LogP contribution in [0.5, 0.6) is 0 Å². The quantitative estimate of drug-likeness (QED) is 0.575. The zero-order valence-corrected chi connectivity index (χ0v) is 11.6. The summed E-state index contributed by atoms with van der Waals surface area (Å²) in [5, 5.41) is 0. The first kappa shape index (κ1) is 13.8. The van der Waals surface area contributed by atoms with Crippen LogP contribution in [-0.2, 0) is 14.3 Å². The standard InChI is InChI=1S/C15H21NO3/c1-3-19-15(18)14(17)13-7-6-12(10-11(13)2)16-8-4-5-9-16/h6-7,11H,3-5,8-10H2,1-2H3. The lowest BCUT2D eigenvalue weighted by molar-refractivity contribution is -0.152. The summed E-state index contributed by atoms with van der Waals surface area (Å²) >= 11 is 0. The van der Waals surface area contributed by atoms with Crippen molar-refractivity contribution in [3.8, 4) is 0 Å². The van der Waals surface area contributed by atoms with Crippen molar-refractivity contribution in [2.24, 2.45) is 5.92 Å². The molecule has 0 N–H and O–H groups in total. The summed E-state index contributed by atoms with van der Waals surface area (Å²) in [6.45, 7) is 6.14. The van der Waals surface area contributed by atoms with E-state index in [2.05, 4.69) is 4.90 Å².